The van der Waals surface area contributed by atoms with E-state index < -0.39 is 23.1 Å². The fourth-order valence-electron chi connectivity index (χ4n) is 3.28. The lowest BCUT2D eigenvalue weighted by atomic mass is 10.1. The highest BCUT2D eigenvalue weighted by atomic mass is 32.1. The number of aromatic nitrogens is 2. The molecule has 0 aliphatic rings. The summed E-state index contributed by atoms with van der Waals surface area (Å²) >= 11 is 2.60. The summed E-state index contributed by atoms with van der Waals surface area (Å²) in [5.74, 6) is -1.95. The number of ether oxygens (including phenoxy) is 1. The lowest BCUT2D eigenvalue weighted by Crippen LogP contribution is -2.27. The number of nitrogens with one attached hydrogen (secondary N) is 1. The number of benzene rings is 1. The molecule has 3 aromatic heterocycles. The topological polar surface area (TPSA) is 90.3 Å². The number of esters is 1. The molecule has 10 heteroatoms. The third kappa shape index (κ3) is 3.94. The Morgan fingerprint density at radius 1 is 1.22 bits per heavy atom. The molecule has 7 nitrogen and oxygen atoms in total. The van der Waals surface area contributed by atoms with E-state index in [2.05, 4.69) is 10.4 Å². The monoisotopic (exact) mass is 471 g/mol. The van der Waals surface area contributed by atoms with E-state index in [-0.39, 0.29) is 28.3 Å². The molecule has 0 bridgehead atoms. The molecule has 1 aromatic carbocycles. The number of hydrogen-bond acceptors (Lipinski definition) is 7. The van der Waals surface area contributed by atoms with Crippen LogP contribution in [0.1, 0.15) is 34.7 Å². The largest absolute Gasteiger partial charge is 0.462 e. The maximum absolute atomic E-state index is 13.8. The second-order valence-corrected chi connectivity index (χ2v) is 8.49. The van der Waals surface area contributed by atoms with Gasteiger partial charge in [0.1, 0.15) is 16.4 Å². The maximum Gasteiger partial charge on any atom is 0.341 e. The number of carbonyl (C=O) groups is 2. The average molecular weight is 472 g/mol. The normalized spacial score (nSPS) is 11.0. The molecule has 164 valence electrons. The van der Waals surface area contributed by atoms with Gasteiger partial charge in [-0.3, -0.25) is 14.3 Å². The summed E-state index contributed by atoms with van der Waals surface area (Å²) in [7, 11) is 0. The zero-order chi connectivity index (χ0) is 22.8. The molecule has 0 aliphatic heterocycles. The SMILES string of the molecule is CCOC(=O)c1c(-c2cccs2)csc1NC(=O)c1nn(CC)c2ccc(F)cc2c1=O. The first-order valence-corrected chi connectivity index (χ1v) is 11.5. The van der Waals surface area contributed by atoms with Crippen LogP contribution in [0.25, 0.3) is 21.3 Å². The number of thiophene rings is 2. The molecule has 32 heavy (non-hydrogen) atoms. The van der Waals surface area contributed by atoms with Gasteiger partial charge in [-0.2, -0.15) is 5.10 Å². The third-order valence-corrected chi connectivity index (χ3v) is 6.51. The molecule has 0 unspecified atom stereocenters. The highest BCUT2D eigenvalue weighted by molar-refractivity contribution is 7.17. The van der Waals surface area contributed by atoms with Crippen molar-refractivity contribution in [1.29, 1.82) is 0 Å². The Balaban J connectivity index is 1.78. The van der Waals surface area contributed by atoms with E-state index in [1.165, 1.54) is 28.2 Å². The van der Waals surface area contributed by atoms with Crippen LogP contribution in [0.15, 0.2) is 45.9 Å². The van der Waals surface area contributed by atoms with Crippen molar-refractivity contribution in [3.8, 4) is 10.4 Å². The molecule has 3 heterocycles. The Bertz CT molecular complexity index is 1380. The van der Waals surface area contributed by atoms with Crippen LogP contribution in [0.3, 0.4) is 0 Å². The van der Waals surface area contributed by atoms with Gasteiger partial charge in [0.25, 0.3) is 5.91 Å². The van der Waals surface area contributed by atoms with Crippen molar-refractivity contribution in [2.75, 3.05) is 11.9 Å². The predicted octanol–water partition coefficient (Wildman–Crippen LogP) is 4.77. The van der Waals surface area contributed by atoms with Crippen LogP contribution in [-0.2, 0) is 11.3 Å². The van der Waals surface area contributed by atoms with Gasteiger partial charge in [0.15, 0.2) is 5.69 Å². The van der Waals surface area contributed by atoms with Crippen LogP contribution in [0.4, 0.5) is 9.39 Å². The number of hydrogen-bond donors (Lipinski definition) is 1. The minimum atomic E-state index is -0.784. The molecule has 0 atom stereocenters. The van der Waals surface area contributed by atoms with Gasteiger partial charge in [0, 0.05) is 22.4 Å². The molecule has 4 aromatic rings. The first kappa shape index (κ1) is 21.8. The molecule has 1 N–H and O–H groups in total. The first-order chi connectivity index (χ1) is 15.4. The zero-order valence-corrected chi connectivity index (χ0v) is 18.8. The molecule has 0 aliphatic carbocycles. The minimum Gasteiger partial charge on any atom is -0.462 e. The van der Waals surface area contributed by atoms with Crippen LogP contribution in [0.2, 0.25) is 0 Å². The van der Waals surface area contributed by atoms with Gasteiger partial charge < -0.3 is 10.1 Å². The second-order valence-electron chi connectivity index (χ2n) is 6.66. The van der Waals surface area contributed by atoms with Crippen molar-refractivity contribution in [3.05, 3.63) is 68.4 Å². The molecule has 0 saturated heterocycles. The summed E-state index contributed by atoms with van der Waals surface area (Å²) in [5, 5.41) is 10.7. The predicted molar refractivity (Wildman–Crippen MR) is 123 cm³/mol. The first-order valence-electron chi connectivity index (χ1n) is 9.78. The average Bonchev–Trinajstić information content (AvgIpc) is 3.44. The number of anilines is 1. The fourth-order valence-corrected chi connectivity index (χ4v) is 5.05. The fraction of sp³-hybridized carbons (Fsp3) is 0.182. The van der Waals surface area contributed by atoms with Crippen molar-refractivity contribution in [2.45, 2.75) is 20.4 Å². The molecule has 0 radical (unpaired) electrons. The molecular weight excluding hydrogens is 453 g/mol. The lowest BCUT2D eigenvalue weighted by Gasteiger charge is -2.11. The minimum absolute atomic E-state index is 0.0584. The number of aryl methyl sites for hydroxylation is 1. The smallest absolute Gasteiger partial charge is 0.341 e. The summed E-state index contributed by atoms with van der Waals surface area (Å²) in [6.45, 7) is 4.04. The Kier molecular flexibility index (Phi) is 6.15. The van der Waals surface area contributed by atoms with Gasteiger partial charge >= 0.3 is 5.97 Å². The van der Waals surface area contributed by atoms with Crippen LogP contribution < -0.4 is 10.7 Å². The van der Waals surface area contributed by atoms with Gasteiger partial charge in [0.05, 0.1) is 17.5 Å². The zero-order valence-electron chi connectivity index (χ0n) is 17.2. The van der Waals surface area contributed by atoms with Gasteiger partial charge in [-0.05, 0) is 43.5 Å². The van der Waals surface area contributed by atoms with E-state index in [1.807, 2.05) is 17.5 Å². The van der Waals surface area contributed by atoms with Gasteiger partial charge in [-0.15, -0.1) is 22.7 Å². The van der Waals surface area contributed by atoms with E-state index in [1.54, 1.807) is 19.2 Å². The van der Waals surface area contributed by atoms with Crippen LogP contribution >= 0.6 is 22.7 Å². The van der Waals surface area contributed by atoms with E-state index in [4.69, 9.17) is 4.74 Å². The molecule has 0 spiro atoms. The Morgan fingerprint density at radius 3 is 2.72 bits per heavy atom. The summed E-state index contributed by atoms with van der Waals surface area (Å²) < 4.78 is 20.4. The van der Waals surface area contributed by atoms with Gasteiger partial charge in [-0.25, -0.2) is 9.18 Å². The molecule has 0 saturated carbocycles. The summed E-state index contributed by atoms with van der Waals surface area (Å²) in [6, 6.07) is 7.50. The number of fused-ring (bicyclic) bond motifs is 1. The Hall–Kier alpha value is -3.37. The second kappa shape index (κ2) is 9.01. The molecule has 0 fully saturated rings. The molecule has 4 rings (SSSR count). The lowest BCUT2D eigenvalue weighted by molar-refractivity contribution is 0.0529. The van der Waals surface area contributed by atoms with Crippen LogP contribution in [0, 0.1) is 5.82 Å². The highest BCUT2D eigenvalue weighted by Crippen LogP contribution is 2.38. The van der Waals surface area contributed by atoms with Crippen LogP contribution in [0.5, 0.6) is 0 Å². The summed E-state index contributed by atoms with van der Waals surface area (Å²) in [5.41, 5.74) is 0.215. The van der Waals surface area contributed by atoms with Crippen molar-refractivity contribution >= 4 is 50.5 Å². The van der Waals surface area contributed by atoms with E-state index >= 15 is 0 Å². The molecular formula is C22H18FN3O4S2. The number of carbonyl (C=O) groups excluding carboxylic acids is 2. The quantitative estimate of drug-likeness (QED) is 0.409. The standard InChI is InChI=1S/C22H18FN3O4S2/c1-3-26-15-8-7-12(23)10-13(15)19(27)18(25-26)20(28)24-21-17(22(29)30-4-2)14(11-32-21)16-6-5-9-31-16/h5-11H,3-4H2,1-2H3,(H,24,28). The van der Waals surface area contributed by atoms with Gasteiger partial charge in [0.2, 0.25) is 5.43 Å². The van der Waals surface area contributed by atoms with Crippen molar-refractivity contribution in [2.24, 2.45) is 0 Å². The van der Waals surface area contributed by atoms with Crippen molar-refractivity contribution < 1.29 is 18.7 Å². The molecule has 1 amide bonds. The third-order valence-electron chi connectivity index (χ3n) is 4.72. The summed E-state index contributed by atoms with van der Waals surface area (Å²) in [4.78, 5) is 39.4. The van der Waals surface area contributed by atoms with Crippen LogP contribution in [-0.4, -0.2) is 28.3 Å². The van der Waals surface area contributed by atoms with E-state index in [9.17, 15) is 18.8 Å². The Labute approximate surface area is 190 Å². The highest BCUT2D eigenvalue weighted by Gasteiger charge is 2.25. The number of amides is 1. The van der Waals surface area contributed by atoms with Gasteiger partial charge in [-0.1, -0.05) is 6.07 Å². The van der Waals surface area contributed by atoms with E-state index in [0.29, 0.717) is 17.6 Å². The number of halogens is 1. The summed E-state index contributed by atoms with van der Waals surface area (Å²) in [6.07, 6.45) is 0. The van der Waals surface area contributed by atoms with E-state index in [0.717, 1.165) is 22.3 Å². The Morgan fingerprint density at radius 2 is 2.03 bits per heavy atom. The van der Waals surface area contributed by atoms with Crippen molar-refractivity contribution in [1.82, 2.24) is 9.78 Å². The van der Waals surface area contributed by atoms with Crippen molar-refractivity contribution in [3.63, 3.8) is 0 Å². The number of nitrogens with zero attached hydrogens (tertiary/aromatic N) is 2. The number of rotatable bonds is 6. The maximum atomic E-state index is 13.8.